The Labute approximate surface area is 121 Å². The van der Waals surface area contributed by atoms with E-state index in [1.54, 1.807) is 0 Å². The van der Waals surface area contributed by atoms with Crippen LogP contribution in [-0.4, -0.2) is 54.4 Å². The third kappa shape index (κ3) is 3.57. The zero-order valence-electron chi connectivity index (χ0n) is 11.0. The summed E-state index contributed by atoms with van der Waals surface area (Å²) < 4.78 is 36.9. The van der Waals surface area contributed by atoms with Crippen molar-refractivity contribution in [1.82, 2.24) is 4.90 Å². The van der Waals surface area contributed by atoms with Crippen molar-refractivity contribution in [2.24, 2.45) is 0 Å². The number of carboxylic acid groups (broad SMARTS) is 1. The molecule has 114 valence electrons. The first-order valence-corrected chi connectivity index (χ1v) is 8.10. The van der Waals surface area contributed by atoms with Crippen molar-refractivity contribution in [3.63, 3.8) is 0 Å². The van der Waals surface area contributed by atoms with Gasteiger partial charge in [-0.2, -0.15) is 0 Å². The highest BCUT2D eigenvalue weighted by Gasteiger charge is 2.36. The van der Waals surface area contributed by atoms with E-state index in [2.05, 4.69) is 0 Å². The summed E-state index contributed by atoms with van der Waals surface area (Å²) in [6.07, 6.45) is -0.487. The van der Waals surface area contributed by atoms with Gasteiger partial charge in [-0.3, -0.25) is 9.59 Å². The number of halogens is 1. The molecular weight excluding hydrogens is 301 g/mol. The van der Waals surface area contributed by atoms with Gasteiger partial charge >= 0.3 is 5.97 Å². The first kappa shape index (κ1) is 15.4. The number of benzene rings is 1. The maximum Gasteiger partial charge on any atom is 0.305 e. The second-order valence-corrected chi connectivity index (χ2v) is 7.07. The topological polar surface area (TPSA) is 91.8 Å². The first-order valence-electron chi connectivity index (χ1n) is 6.28. The zero-order chi connectivity index (χ0) is 15.6. The number of amides is 1. The lowest BCUT2D eigenvalue weighted by Crippen LogP contribution is -2.52. The van der Waals surface area contributed by atoms with E-state index in [1.165, 1.54) is 18.2 Å². The average molecular weight is 315 g/mol. The minimum Gasteiger partial charge on any atom is -0.481 e. The lowest BCUT2D eigenvalue weighted by Gasteiger charge is -2.34. The van der Waals surface area contributed by atoms with Crippen molar-refractivity contribution in [1.29, 1.82) is 0 Å². The van der Waals surface area contributed by atoms with Crippen LogP contribution in [0.25, 0.3) is 0 Å². The molecule has 1 saturated heterocycles. The highest BCUT2D eigenvalue weighted by atomic mass is 32.2. The number of hydrogen-bond donors (Lipinski definition) is 1. The number of nitrogens with zero attached hydrogens (tertiary/aromatic N) is 1. The van der Waals surface area contributed by atoms with Crippen LogP contribution in [0.1, 0.15) is 16.8 Å². The molecule has 21 heavy (non-hydrogen) atoms. The van der Waals surface area contributed by atoms with Crippen LogP contribution in [0.3, 0.4) is 0 Å². The number of carbonyl (C=O) groups is 2. The summed E-state index contributed by atoms with van der Waals surface area (Å²) in [6.45, 7) is -0.132. The Hall–Kier alpha value is -1.96. The fourth-order valence-corrected chi connectivity index (χ4v) is 3.84. The van der Waals surface area contributed by atoms with E-state index in [-0.39, 0.29) is 17.9 Å². The molecule has 0 saturated carbocycles. The summed E-state index contributed by atoms with van der Waals surface area (Å²) in [5.41, 5.74) is -0.188. The molecule has 1 N–H and O–H groups in total. The number of sulfone groups is 1. The third-order valence-corrected chi connectivity index (χ3v) is 5.00. The van der Waals surface area contributed by atoms with E-state index >= 15 is 0 Å². The predicted octanol–water partition coefficient (Wildman–Crippen LogP) is 0.540. The highest BCUT2D eigenvalue weighted by molar-refractivity contribution is 7.91. The van der Waals surface area contributed by atoms with Crippen LogP contribution in [0, 0.1) is 5.82 Å². The molecule has 0 radical (unpaired) electrons. The first-order chi connectivity index (χ1) is 9.80. The fourth-order valence-electron chi connectivity index (χ4n) is 2.31. The molecule has 1 aliphatic heterocycles. The number of hydrogen-bond acceptors (Lipinski definition) is 4. The summed E-state index contributed by atoms with van der Waals surface area (Å²) in [4.78, 5) is 24.3. The smallest absolute Gasteiger partial charge is 0.305 e. The van der Waals surface area contributed by atoms with Gasteiger partial charge in [0.1, 0.15) is 5.82 Å². The molecule has 2 rings (SSSR count). The molecule has 8 heteroatoms. The second-order valence-electron chi connectivity index (χ2n) is 4.84. The lowest BCUT2D eigenvalue weighted by molar-refractivity contribution is -0.138. The number of aliphatic carboxylic acids is 1. The van der Waals surface area contributed by atoms with Crippen LogP contribution in [0.5, 0.6) is 0 Å². The van der Waals surface area contributed by atoms with Crippen LogP contribution in [-0.2, 0) is 14.6 Å². The molecule has 1 fully saturated rings. The summed E-state index contributed by atoms with van der Waals surface area (Å²) in [7, 11) is -3.39. The largest absolute Gasteiger partial charge is 0.481 e. The number of rotatable bonds is 3. The van der Waals surface area contributed by atoms with Gasteiger partial charge in [0.25, 0.3) is 5.91 Å². The molecule has 0 aromatic heterocycles. The van der Waals surface area contributed by atoms with Gasteiger partial charge in [-0.05, 0) is 12.1 Å². The van der Waals surface area contributed by atoms with Crippen molar-refractivity contribution < 1.29 is 27.5 Å². The quantitative estimate of drug-likeness (QED) is 0.879. The van der Waals surface area contributed by atoms with E-state index in [4.69, 9.17) is 5.11 Å². The Bertz CT molecular complexity index is 673. The SMILES string of the molecule is O=C(O)CC1CS(=O)(=O)CCN1C(=O)c1ccccc1F. The van der Waals surface area contributed by atoms with Crippen LogP contribution in [0.15, 0.2) is 24.3 Å². The number of carboxylic acids is 1. The van der Waals surface area contributed by atoms with Gasteiger partial charge in [0, 0.05) is 6.54 Å². The molecule has 6 nitrogen and oxygen atoms in total. The monoisotopic (exact) mass is 315 g/mol. The van der Waals surface area contributed by atoms with Crippen LogP contribution in [0.2, 0.25) is 0 Å². The Balaban J connectivity index is 2.29. The van der Waals surface area contributed by atoms with Gasteiger partial charge in [0.05, 0.1) is 29.5 Å². The van der Waals surface area contributed by atoms with Crippen LogP contribution in [0.4, 0.5) is 4.39 Å². The van der Waals surface area contributed by atoms with Crippen molar-refractivity contribution in [3.8, 4) is 0 Å². The Morgan fingerprint density at radius 1 is 1.33 bits per heavy atom. The normalized spacial score (nSPS) is 21.0. The Kier molecular flexibility index (Phi) is 4.26. The minimum atomic E-state index is -3.39. The molecule has 1 unspecified atom stereocenters. The van der Waals surface area contributed by atoms with Gasteiger partial charge in [-0.15, -0.1) is 0 Å². The standard InChI is InChI=1S/C13H14FNO5S/c14-11-4-2-1-3-10(11)13(18)15-5-6-21(19,20)8-9(15)7-12(16)17/h1-4,9H,5-8H2,(H,16,17). The van der Waals surface area contributed by atoms with Crippen LogP contribution < -0.4 is 0 Å². The average Bonchev–Trinajstić information content (AvgIpc) is 2.37. The lowest BCUT2D eigenvalue weighted by atomic mass is 10.1. The molecule has 1 atom stereocenters. The summed E-state index contributed by atoms with van der Waals surface area (Å²) >= 11 is 0. The Morgan fingerprint density at radius 2 is 2.00 bits per heavy atom. The maximum atomic E-state index is 13.7. The van der Waals surface area contributed by atoms with Crippen molar-refractivity contribution in [3.05, 3.63) is 35.6 Å². The molecular formula is C13H14FNO5S. The molecule has 0 aliphatic carbocycles. The molecule has 1 aliphatic rings. The molecule has 0 spiro atoms. The van der Waals surface area contributed by atoms with Gasteiger partial charge in [0.15, 0.2) is 9.84 Å². The van der Waals surface area contributed by atoms with E-state index in [0.717, 1.165) is 11.0 Å². The fraction of sp³-hybridized carbons (Fsp3) is 0.385. The van der Waals surface area contributed by atoms with Gasteiger partial charge < -0.3 is 10.0 Å². The highest BCUT2D eigenvalue weighted by Crippen LogP contribution is 2.19. The molecule has 1 aromatic rings. The number of carbonyl (C=O) groups excluding carboxylic acids is 1. The molecule has 1 aromatic carbocycles. The van der Waals surface area contributed by atoms with E-state index in [1.807, 2.05) is 0 Å². The summed E-state index contributed by atoms with van der Waals surface area (Å²) in [5.74, 6) is -3.27. The molecule has 1 heterocycles. The maximum absolute atomic E-state index is 13.7. The summed E-state index contributed by atoms with van der Waals surface area (Å²) in [5, 5.41) is 8.85. The van der Waals surface area contributed by atoms with Gasteiger partial charge in [-0.25, -0.2) is 12.8 Å². The summed E-state index contributed by atoms with van der Waals surface area (Å²) in [6, 6.07) is 4.36. The molecule has 1 amide bonds. The van der Waals surface area contributed by atoms with Gasteiger partial charge in [0.2, 0.25) is 0 Å². The van der Waals surface area contributed by atoms with Gasteiger partial charge in [-0.1, -0.05) is 12.1 Å². The van der Waals surface area contributed by atoms with E-state index in [0.29, 0.717) is 0 Å². The predicted molar refractivity (Wildman–Crippen MR) is 72.1 cm³/mol. The van der Waals surface area contributed by atoms with E-state index in [9.17, 15) is 22.4 Å². The zero-order valence-corrected chi connectivity index (χ0v) is 11.8. The van der Waals surface area contributed by atoms with Crippen molar-refractivity contribution >= 4 is 21.7 Å². The third-order valence-electron chi connectivity index (χ3n) is 3.31. The van der Waals surface area contributed by atoms with Crippen molar-refractivity contribution in [2.75, 3.05) is 18.1 Å². The minimum absolute atomic E-state index is 0.132. The van der Waals surface area contributed by atoms with E-state index < -0.39 is 45.7 Å². The molecule has 0 bridgehead atoms. The second kappa shape index (κ2) is 5.80. The van der Waals surface area contributed by atoms with Crippen molar-refractivity contribution in [2.45, 2.75) is 12.5 Å². The Morgan fingerprint density at radius 3 is 2.62 bits per heavy atom. The van der Waals surface area contributed by atoms with Crippen LogP contribution >= 0.6 is 0 Å².